The third-order valence-corrected chi connectivity index (χ3v) is 5.97. The summed E-state index contributed by atoms with van der Waals surface area (Å²) in [7, 11) is 4.17. The van der Waals surface area contributed by atoms with Gasteiger partial charge in [0.25, 0.3) is 0 Å². The Morgan fingerprint density at radius 1 is 1.16 bits per heavy atom. The quantitative estimate of drug-likeness (QED) is 0.904. The van der Waals surface area contributed by atoms with E-state index < -0.39 is 0 Å². The van der Waals surface area contributed by atoms with Gasteiger partial charge in [0.15, 0.2) is 0 Å². The van der Waals surface area contributed by atoms with Gasteiger partial charge in [0.2, 0.25) is 0 Å². The van der Waals surface area contributed by atoms with Crippen LogP contribution in [0.15, 0.2) is 6.20 Å². The molecule has 0 saturated heterocycles. The molecule has 0 spiro atoms. The van der Waals surface area contributed by atoms with Gasteiger partial charge in [-0.05, 0) is 62.8 Å². The minimum Gasteiger partial charge on any atom is -0.316 e. The van der Waals surface area contributed by atoms with E-state index in [0.717, 1.165) is 36.1 Å². The molecule has 1 heterocycles. The topological polar surface area (TPSA) is 29.9 Å². The Hall–Kier alpha value is -0.830. The van der Waals surface area contributed by atoms with Crippen molar-refractivity contribution in [2.45, 2.75) is 44.6 Å². The van der Waals surface area contributed by atoms with Crippen LogP contribution < -0.4 is 5.32 Å². The Morgan fingerprint density at radius 2 is 1.79 bits per heavy atom. The number of nitrogens with one attached hydrogen (secondary N) is 1. The lowest BCUT2D eigenvalue weighted by Gasteiger charge is -2.54. The van der Waals surface area contributed by atoms with Gasteiger partial charge in [0.1, 0.15) is 0 Å². The second kappa shape index (κ2) is 4.34. The van der Waals surface area contributed by atoms with Crippen LogP contribution in [0.3, 0.4) is 0 Å². The summed E-state index contributed by atoms with van der Waals surface area (Å²) in [6, 6.07) is 0. The van der Waals surface area contributed by atoms with Crippen molar-refractivity contribution in [3.63, 3.8) is 0 Å². The SMILES string of the molecule is CNCc1cnn(C)c1C1C2CC3CC(C2)CC1C3. The fourth-order valence-electron chi connectivity index (χ4n) is 5.62. The molecule has 3 nitrogen and oxygen atoms in total. The minimum absolute atomic E-state index is 0.795. The van der Waals surface area contributed by atoms with Crippen molar-refractivity contribution in [1.29, 1.82) is 0 Å². The third-order valence-electron chi connectivity index (χ3n) is 5.97. The summed E-state index contributed by atoms with van der Waals surface area (Å²) >= 11 is 0. The number of nitrogens with zero attached hydrogens (tertiary/aromatic N) is 2. The van der Waals surface area contributed by atoms with Crippen molar-refractivity contribution in [3.05, 3.63) is 17.5 Å². The lowest BCUT2D eigenvalue weighted by Crippen LogP contribution is -2.44. The van der Waals surface area contributed by atoms with Gasteiger partial charge < -0.3 is 5.32 Å². The van der Waals surface area contributed by atoms with E-state index in [1.165, 1.54) is 37.7 Å². The molecule has 4 aliphatic rings. The van der Waals surface area contributed by atoms with E-state index in [0.29, 0.717) is 0 Å². The first-order chi connectivity index (χ1) is 9.26. The molecule has 4 fully saturated rings. The fourth-order valence-corrected chi connectivity index (χ4v) is 5.62. The molecule has 0 atom stereocenters. The average Bonchev–Trinajstić information content (AvgIpc) is 2.71. The van der Waals surface area contributed by atoms with E-state index in [1.807, 2.05) is 7.05 Å². The van der Waals surface area contributed by atoms with Crippen molar-refractivity contribution in [2.24, 2.45) is 30.7 Å². The number of aromatic nitrogens is 2. The Balaban J connectivity index is 1.70. The summed E-state index contributed by atoms with van der Waals surface area (Å²) < 4.78 is 2.17. The van der Waals surface area contributed by atoms with E-state index >= 15 is 0 Å². The van der Waals surface area contributed by atoms with Crippen LogP contribution in [-0.4, -0.2) is 16.8 Å². The lowest BCUT2D eigenvalue weighted by molar-refractivity contribution is -0.00564. The van der Waals surface area contributed by atoms with Crippen LogP contribution in [-0.2, 0) is 13.6 Å². The first-order valence-electron chi connectivity index (χ1n) is 7.91. The van der Waals surface area contributed by atoms with Crippen molar-refractivity contribution in [2.75, 3.05) is 7.05 Å². The van der Waals surface area contributed by atoms with Gasteiger partial charge >= 0.3 is 0 Å². The third kappa shape index (κ3) is 1.78. The summed E-state index contributed by atoms with van der Waals surface area (Å²) in [5.74, 6) is 4.80. The molecule has 0 aliphatic heterocycles. The number of hydrogen-bond donors (Lipinski definition) is 1. The molecule has 0 unspecified atom stereocenters. The van der Waals surface area contributed by atoms with E-state index in [2.05, 4.69) is 28.3 Å². The summed E-state index contributed by atoms with van der Waals surface area (Å²) in [6.07, 6.45) is 9.57. The molecule has 4 bridgehead atoms. The van der Waals surface area contributed by atoms with Gasteiger partial charge in [-0.2, -0.15) is 5.10 Å². The molecule has 3 heteroatoms. The molecule has 0 aromatic carbocycles. The van der Waals surface area contributed by atoms with Gasteiger partial charge in [0, 0.05) is 30.8 Å². The zero-order valence-electron chi connectivity index (χ0n) is 12.1. The molecule has 1 N–H and O–H groups in total. The smallest absolute Gasteiger partial charge is 0.0537 e. The minimum atomic E-state index is 0.795. The molecule has 0 radical (unpaired) electrons. The second-order valence-electron chi connectivity index (χ2n) is 7.17. The van der Waals surface area contributed by atoms with Gasteiger partial charge in [0.05, 0.1) is 6.20 Å². The second-order valence-corrected chi connectivity index (χ2v) is 7.17. The highest BCUT2D eigenvalue weighted by Crippen LogP contribution is 2.60. The largest absolute Gasteiger partial charge is 0.316 e. The lowest BCUT2D eigenvalue weighted by atomic mass is 9.51. The predicted molar refractivity (Wildman–Crippen MR) is 75.8 cm³/mol. The van der Waals surface area contributed by atoms with E-state index in [1.54, 1.807) is 5.69 Å². The molecule has 1 aromatic rings. The zero-order chi connectivity index (χ0) is 13.0. The normalized spacial score (nSPS) is 40.0. The average molecular weight is 259 g/mol. The molecule has 5 rings (SSSR count). The van der Waals surface area contributed by atoms with Crippen LogP contribution in [0.2, 0.25) is 0 Å². The number of hydrogen-bond acceptors (Lipinski definition) is 2. The molecule has 0 amide bonds. The van der Waals surface area contributed by atoms with E-state index in [-0.39, 0.29) is 0 Å². The molecular weight excluding hydrogens is 234 g/mol. The maximum atomic E-state index is 4.54. The number of rotatable bonds is 3. The summed E-state index contributed by atoms with van der Waals surface area (Å²) in [6.45, 7) is 0.964. The van der Waals surface area contributed by atoms with Crippen molar-refractivity contribution in [1.82, 2.24) is 15.1 Å². The van der Waals surface area contributed by atoms with Gasteiger partial charge in [-0.3, -0.25) is 4.68 Å². The molecule has 19 heavy (non-hydrogen) atoms. The first-order valence-corrected chi connectivity index (χ1v) is 7.91. The van der Waals surface area contributed by atoms with Crippen LogP contribution in [0.1, 0.15) is 49.3 Å². The monoisotopic (exact) mass is 259 g/mol. The van der Waals surface area contributed by atoms with Crippen molar-refractivity contribution >= 4 is 0 Å². The summed E-state index contributed by atoms with van der Waals surface area (Å²) in [4.78, 5) is 0. The summed E-state index contributed by atoms with van der Waals surface area (Å²) in [5, 5.41) is 7.85. The molecular formula is C16H25N3. The van der Waals surface area contributed by atoms with Crippen LogP contribution in [0.5, 0.6) is 0 Å². The highest BCUT2D eigenvalue weighted by Gasteiger charge is 2.49. The molecule has 4 saturated carbocycles. The van der Waals surface area contributed by atoms with Crippen LogP contribution in [0.4, 0.5) is 0 Å². The number of aryl methyl sites for hydroxylation is 1. The zero-order valence-corrected chi connectivity index (χ0v) is 12.1. The van der Waals surface area contributed by atoms with Gasteiger partial charge in [-0.1, -0.05) is 0 Å². The van der Waals surface area contributed by atoms with Crippen LogP contribution in [0, 0.1) is 23.7 Å². The Morgan fingerprint density at radius 3 is 2.37 bits per heavy atom. The Labute approximate surface area is 115 Å². The maximum absolute atomic E-state index is 4.54. The standard InChI is InChI=1S/C16H25N3/c1-17-8-14-9-18-19(2)16(14)15-12-4-10-3-11(6-12)7-13(15)5-10/h9-13,15,17H,3-8H2,1-2H3. The molecule has 1 aromatic heterocycles. The maximum Gasteiger partial charge on any atom is 0.0537 e. The van der Waals surface area contributed by atoms with Gasteiger partial charge in [-0.15, -0.1) is 0 Å². The van der Waals surface area contributed by atoms with Crippen molar-refractivity contribution in [3.8, 4) is 0 Å². The highest BCUT2D eigenvalue weighted by molar-refractivity contribution is 5.26. The Bertz CT molecular complexity index is 448. The molecule has 104 valence electrons. The van der Waals surface area contributed by atoms with Crippen LogP contribution in [0.25, 0.3) is 0 Å². The van der Waals surface area contributed by atoms with E-state index in [4.69, 9.17) is 0 Å². The van der Waals surface area contributed by atoms with Gasteiger partial charge in [-0.25, -0.2) is 0 Å². The highest BCUT2D eigenvalue weighted by atomic mass is 15.3. The fraction of sp³-hybridized carbons (Fsp3) is 0.812. The van der Waals surface area contributed by atoms with E-state index in [9.17, 15) is 0 Å². The molecule has 4 aliphatic carbocycles. The van der Waals surface area contributed by atoms with Crippen molar-refractivity contribution < 1.29 is 0 Å². The Kier molecular flexibility index (Phi) is 2.73. The first kappa shape index (κ1) is 12.0. The predicted octanol–water partition coefficient (Wildman–Crippen LogP) is 2.68. The summed E-state index contributed by atoms with van der Waals surface area (Å²) in [5.41, 5.74) is 2.98. The van der Waals surface area contributed by atoms with Crippen LogP contribution >= 0.6 is 0 Å².